The Balaban J connectivity index is 2.25. The van der Waals surface area contributed by atoms with Crippen LogP contribution < -0.4 is 0 Å². The monoisotopic (exact) mass is 301 g/mol. The Hall–Kier alpha value is -1.74. The molecule has 1 saturated heterocycles. The number of aromatic nitrogens is 3. The molecule has 1 aromatic heterocycles. The minimum Gasteiger partial charge on any atom is -0.457 e. The Morgan fingerprint density at radius 2 is 2.30 bits per heavy atom. The van der Waals surface area contributed by atoms with Crippen molar-refractivity contribution in [2.45, 2.75) is 19.1 Å². The van der Waals surface area contributed by atoms with Gasteiger partial charge in [0.15, 0.2) is 15.5 Å². The number of carbonyl (C=O) groups excluding carboxylic acids is 1. The van der Waals surface area contributed by atoms with Gasteiger partial charge >= 0.3 is 5.97 Å². The number of carbonyl (C=O) groups is 1. The maximum absolute atomic E-state index is 11.7. The van der Waals surface area contributed by atoms with Gasteiger partial charge in [-0.15, -0.1) is 5.10 Å². The van der Waals surface area contributed by atoms with Crippen molar-refractivity contribution < 1.29 is 23.1 Å². The average Bonchev–Trinajstić information content (AvgIpc) is 2.86. The van der Waals surface area contributed by atoms with Crippen LogP contribution in [0.5, 0.6) is 0 Å². The zero-order valence-corrected chi connectivity index (χ0v) is 11.7. The predicted molar refractivity (Wildman–Crippen MR) is 68.9 cm³/mol. The van der Waals surface area contributed by atoms with Crippen LogP contribution in [0.2, 0.25) is 0 Å². The molecule has 1 N–H and O–H groups in total. The molecule has 0 spiro atoms. The first-order chi connectivity index (χ1) is 9.35. The Morgan fingerprint density at radius 3 is 2.85 bits per heavy atom. The summed E-state index contributed by atoms with van der Waals surface area (Å²) in [6, 6.07) is -0.728. The Labute approximate surface area is 116 Å². The van der Waals surface area contributed by atoms with Gasteiger partial charge in [-0.25, -0.2) is 17.9 Å². The second-order valence-electron chi connectivity index (χ2n) is 4.57. The highest BCUT2D eigenvalue weighted by Gasteiger charge is 2.39. The lowest BCUT2D eigenvalue weighted by atomic mass is 10.2. The molecule has 0 aromatic carbocycles. The molecular formula is C11H15N3O5S. The molecule has 0 aliphatic carbocycles. The molecule has 2 atom stereocenters. The van der Waals surface area contributed by atoms with E-state index >= 15 is 0 Å². The van der Waals surface area contributed by atoms with E-state index in [2.05, 4.69) is 16.9 Å². The highest BCUT2D eigenvalue weighted by Crippen LogP contribution is 2.25. The third kappa shape index (κ3) is 2.73. The molecule has 2 unspecified atom stereocenters. The molecule has 2 rings (SSSR count). The third-order valence-corrected chi connectivity index (χ3v) is 4.76. The van der Waals surface area contributed by atoms with Crippen molar-refractivity contribution in [2.24, 2.45) is 0 Å². The molecule has 0 saturated carbocycles. The van der Waals surface area contributed by atoms with Gasteiger partial charge in [-0.3, -0.25) is 0 Å². The number of ether oxygens (including phenoxy) is 1. The van der Waals surface area contributed by atoms with Crippen LogP contribution in [0.3, 0.4) is 0 Å². The van der Waals surface area contributed by atoms with E-state index in [-0.39, 0.29) is 23.8 Å². The fourth-order valence-corrected chi connectivity index (χ4v) is 3.85. The second-order valence-corrected chi connectivity index (χ2v) is 6.72. The standard InChI is InChI=1S/C11H15N3O5S/c1-3-4-19-11(16)10-7(2)14(13-12-10)8-5-20(17,18)6-9(8)15/h3,8-9,15H,1,4-6H2,2H3. The summed E-state index contributed by atoms with van der Waals surface area (Å²) in [6.07, 6.45) is 0.364. The van der Waals surface area contributed by atoms with Crippen molar-refractivity contribution in [1.29, 1.82) is 0 Å². The first-order valence-electron chi connectivity index (χ1n) is 5.94. The van der Waals surface area contributed by atoms with Crippen LogP contribution in [0.25, 0.3) is 0 Å². The number of esters is 1. The van der Waals surface area contributed by atoms with Crippen molar-refractivity contribution in [1.82, 2.24) is 15.0 Å². The van der Waals surface area contributed by atoms with Crippen LogP contribution >= 0.6 is 0 Å². The van der Waals surface area contributed by atoms with Crippen molar-refractivity contribution in [3.05, 3.63) is 24.0 Å². The molecule has 0 radical (unpaired) electrons. The van der Waals surface area contributed by atoms with Gasteiger partial charge in [-0.2, -0.15) is 0 Å². The summed E-state index contributed by atoms with van der Waals surface area (Å²) in [6.45, 7) is 5.04. The van der Waals surface area contributed by atoms with E-state index in [1.165, 1.54) is 10.8 Å². The summed E-state index contributed by atoms with van der Waals surface area (Å²) in [5, 5.41) is 17.2. The van der Waals surface area contributed by atoms with E-state index < -0.39 is 28.0 Å². The van der Waals surface area contributed by atoms with E-state index in [9.17, 15) is 18.3 Å². The van der Waals surface area contributed by atoms with E-state index in [1.54, 1.807) is 6.92 Å². The summed E-state index contributed by atoms with van der Waals surface area (Å²) in [5.41, 5.74) is 0.364. The molecule has 1 aliphatic rings. The molecule has 8 nitrogen and oxygen atoms in total. The van der Waals surface area contributed by atoms with Gasteiger partial charge in [-0.05, 0) is 6.92 Å². The second kappa shape index (κ2) is 5.33. The minimum absolute atomic E-state index is 0.00310. The Morgan fingerprint density at radius 1 is 1.60 bits per heavy atom. The summed E-state index contributed by atoms with van der Waals surface area (Å²) in [7, 11) is -3.30. The van der Waals surface area contributed by atoms with Crippen molar-refractivity contribution in [3.63, 3.8) is 0 Å². The van der Waals surface area contributed by atoms with Crippen LogP contribution in [-0.4, -0.2) is 58.7 Å². The molecule has 110 valence electrons. The Bertz CT molecular complexity index is 636. The fourth-order valence-electron chi connectivity index (χ4n) is 2.09. The molecule has 1 aromatic rings. The summed E-state index contributed by atoms with van der Waals surface area (Å²) >= 11 is 0. The van der Waals surface area contributed by atoms with Crippen LogP contribution in [0.4, 0.5) is 0 Å². The van der Waals surface area contributed by atoms with E-state index in [1.807, 2.05) is 0 Å². The molecule has 20 heavy (non-hydrogen) atoms. The molecule has 1 fully saturated rings. The van der Waals surface area contributed by atoms with Gasteiger partial charge in [0.2, 0.25) is 0 Å². The predicted octanol–water partition coefficient (Wildman–Crippen LogP) is -0.740. The Kier molecular flexibility index (Phi) is 3.91. The van der Waals surface area contributed by atoms with Crippen molar-refractivity contribution in [3.8, 4) is 0 Å². The number of nitrogens with zero attached hydrogens (tertiary/aromatic N) is 3. The number of hydrogen-bond donors (Lipinski definition) is 1. The average molecular weight is 301 g/mol. The van der Waals surface area contributed by atoms with E-state index in [0.717, 1.165) is 0 Å². The SMILES string of the molecule is C=CCOC(=O)c1nnn(C2CS(=O)(=O)CC2O)c1C. The molecule has 1 aliphatic heterocycles. The van der Waals surface area contributed by atoms with Gasteiger partial charge in [0, 0.05) is 0 Å². The zero-order chi connectivity index (χ0) is 14.9. The first kappa shape index (κ1) is 14.7. The molecular weight excluding hydrogens is 286 g/mol. The van der Waals surface area contributed by atoms with Crippen molar-refractivity contribution in [2.75, 3.05) is 18.1 Å². The summed E-state index contributed by atoms with van der Waals surface area (Å²) < 4.78 is 29.1. The lowest BCUT2D eigenvalue weighted by Gasteiger charge is -2.14. The highest BCUT2D eigenvalue weighted by molar-refractivity contribution is 7.91. The maximum Gasteiger partial charge on any atom is 0.361 e. The lowest BCUT2D eigenvalue weighted by Crippen LogP contribution is -2.24. The quantitative estimate of drug-likeness (QED) is 0.576. The largest absolute Gasteiger partial charge is 0.457 e. The van der Waals surface area contributed by atoms with Crippen LogP contribution in [0.1, 0.15) is 22.2 Å². The van der Waals surface area contributed by atoms with Crippen molar-refractivity contribution >= 4 is 15.8 Å². The normalized spacial score (nSPS) is 24.5. The van der Waals surface area contributed by atoms with Gasteiger partial charge in [0.1, 0.15) is 6.61 Å². The van der Waals surface area contributed by atoms with Gasteiger partial charge < -0.3 is 9.84 Å². The number of hydrogen-bond acceptors (Lipinski definition) is 7. The lowest BCUT2D eigenvalue weighted by molar-refractivity contribution is 0.0541. The fraction of sp³-hybridized carbons (Fsp3) is 0.545. The molecule has 0 amide bonds. The van der Waals surface area contributed by atoms with Crippen LogP contribution in [-0.2, 0) is 14.6 Å². The molecule has 9 heteroatoms. The van der Waals surface area contributed by atoms with E-state index in [4.69, 9.17) is 4.74 Å². The number of aliphatic hydroxyl groups is 1. The minimum atomic E-state index is -3.30. The number of aliphatic hydroxyl groups excluding tert-OH is 1. The summed E-state index contributed by atoms with van der Waals surface area (Å²) in [4.78, 5) is 11.7. The number of sulfone groups is 1. The third-order valence-electron chi connectivity index (χ3n) is 3.06. The van der Waals surface area contributed by atoms with E-state index in [0.29, 0.717) is 5.69 Å². The molecule has 2 heterocycles. The zero-order valence-electron chi connectivity index (χ0n) is 10.9. The van der Waals surface area contributed by atoms with Gasteiger partial charge in [-0.1, -0.05) is 17.9 Å². The topological polar surface area (TPSA) is 111 Å². The van der Waals surface area contributed by atoms with Crippen LogP contribution in [0.15, 0.2) is 12.7 Å². The summed E-state index contributed by atoms with van der Waals surface area (Å²) in [5.74, 6) is -1.20. The van der Waals surface area contributed by atoms with Gasteiger partial charge in [0.25, 0.3) is 0 Å². The first-order valence-corrected chi connectivity index (χ1v) is 7.76. The number of rotatable bonds is 4. The maximum atomic E-state index is 11.7. The smallest absolute Gasteiger partial charge is 0.361 e. The van der Waals surface area contributed by atoms with Crippen LogP contribution in [0, 0.1) is 6.92 Å². The highest BCUT2D eigenvalue weighted by atomic mass is 32.2. The van der Waals surface area contributed by atoms with Gasteiger partial charge in [0.05, 0.1) is 29.3 Å². The molecule has 0 bridgehead atoms.